The molecule has 0 saturated heterocycles. The van der Waals surface area contributed by atoms with Crippen molar-refractivity contribution in [3.63, 3.8) is 0 Å². The zero-order valence-electron chi connectivity index (χ0n) is 13.9. The normalized spacial score (nSPS) is 34.7. The van der Waals surface area contributed by atoms with Crippen molar-refractivity contribution in [1.82, 2.24) is 10.6 Å². The summed E-state index contributed by atoms with van der Waals surface area (Å²) in [7, 11) is 0. The molecule has 2 unspecified atom stereocenters. The van der Waals surface area contributed by atoms with Gasteiger partial charge in [-0.2, -0.15) is 0 Å². The summed E-state index contributed by atoms with van der Waals surface area (Å²) in [6.07, 6.45) is 14.6. The maximum Gasteiger partial charge on any atom is 0.315 e. The van der Waals surface area contributed by atoms with Gasteiger partial charge in [0.15, 0.2) is 0 Å². The van der Waals surface area contributed by atoms with E-state index in [-0.39, 0.29) is 36.7 Å². The average Bonchev–Trinajstić information content (AvgIpc) is 3.21. The molecule has 130 valence electrons. The molecule has 0 bridgehead atoms. The van der Waals surface area contributed by atoms with Gasteiger partial charge in [-0.1, -0.05) is 37.8 Å². The number of nitrogens with one attached hydrogen (secondary N) is 2. The maximum atomic E-state index is 12.3. The Morgan fingerprint density at radius 2 is 1.78 bits per heavy atom. The van der Waals surface area contributed by atoms with Crippen LogP contribution in [0.3, 0.4) is 0 Å². The summed E-state index contributed by atoms with van der Waals surface area (Å²) in [6, 6.07) is 0.0541. The fourth-order valence-electron chi connectivity index (χ4n) is 4.09. The summed E-state index contributed by atoms with van der Waals surface area (Å²) in [5, 5.41) is 15.3. The molecule has 2 fully saturated rings. The van der Waals surface area contributed by atoms with Gasteiger partial charge in [0.1, 0.15) is 0 Å². The van der Waals surface area contributed by atoms with Crippen LogP contribution >= 0.6 is 0 Å². The Balaban J connectivity index is 1.46. The van der Waals surface area contributed by atoms with E-state index in [1.165, 1.54) is 32.1 Å². The predicted molar refractivity (Wildman–Crippen MR) is 89.2 cm³/mol. The number of hydrogen-bond acceptors (Lipinski definition) is 3. The minimum atomic E-state index is -0.106. The SMILES string of the molecule is O=C(NC1CCCCC1OC1CCCC1)N[C@@H]1C=C[C@H](CO)C1. The summed E-state index contributed by atoms with van der Waals surface area (Å²) < 4.78 is 6.28. The highest BCUT2D eigenvalue weighted by Crippen LogP contribution is 2.28. The van der Waals surface area contributed by atoms with Crippen molar-refractivity contribution in [2.75, 3.05) is 6.61 Å². The van der Waals surface area contributed by atoms with Crippen LogP contribution in [0.15, 0.2) is 12.2 Å². The zero-order valence-corrected chi connectivity index (χ0v) is 13.9. The Morgan fingerprint density at radius 3 is 2.52 bits per heavy atom. The van der Waals surface area contributed by atoms with Crippen LogP contribution in [0.25, 0.3) is 0 Å². The van der Waals surface area contributed by atoms with Gasteiger partial charge >= 0.3 is 6.03 Å². The molecule has 23 heavy (non-hydrogen) atoms. The number of urea groups is 1. The van der Waals surface area contributed by atoms with Crippen LogP contribution in [-0.4, -0.2) is 42.0 Å². The van der Waals surface area contributed by atoms with Gasteiger partial charge in [0.25, 0.3) is 0 Å². The predicted octanol–water partition coefficient (Wildman–Crippen LogP) is 2.49. The van der Waals surface area contributed by atoms with Crippen molar-refractivity contribution in [2.24, 2.45) is 5.92 Å². The number of carbonyl (C=O) groups excluding carboxylic acids is 1. The topological polar surface area (TPSA) is 70.6 Å². The first-order valence-electron chi connectivity index (χ1n) is 9.26. The molecule has 2 amide bonds. The third kappa shape index (κ3) is 4.70. The van der Waals surface area contributed by atoms with Crippen molar-refractivity contribution >= 4 is 6.03 Å². The van der Waals surface area contributed by atoms with Gasteiger partial charge in [0.2, 0.25) is 0 Å². The molecule has 0 heterocycles. The van der Waals surface area contributed by atoms with Gasteiger partial charge in [0.05, 0.1) is 18.2 Å². The van der Waals surface area contributed by atoms with Crippen molar-refractivity contribution in [3.8, 4) is 0 Å². The standard InChI is InChI=1S/C18H30N2O3/c21-12-13-9-10-14(11-13)19-18(22)20-16-7-3-4-8-17(16)23-15-5-1-2-6-15/h9-10,13-17,21H,1-8,11-12H2,(H2,19,20,22)/t13-,14+,16?,17?/m0/s1. The average molecular weight is 322 g/mol. The van der Waals surface area contributed by atoms with Gasteiger partial charge in [-0.3, -0.25) is 0 Å². The maximum absolute atomic E-state index is 12.3. The zero-order chi connectivity index (χ0) is 16.1. The van der Waals surface area contributed by atoms with Gasteiger partial charge < -0.3 is 20.5 Å². The van der Waals surface area contributed by atoms with Crippen LogP contribution in [0.2, 0.25) is 0 Å². The van der Waals surface area contributed by atoms with Crippen LogP contribution < -0.4 is 10.6 Å². The summed E-state index contributed by atoms with van der Waals surface area (Å²) in [4.78, 5) is 12.3. The second-order valence-electron chi connectivity index (χ2n) is 7.26. The van der Waals surface area contributed by atoms with E-state index in [2.05, 4.69) is 10.6 Å². The molecule has 0 spiro atoms. The molecule has 0 radical (unpaired) electrons. The van der Waals surface area contributed by atoms with E-state index in [0.717, 1.165) is 25.7 Å². The molecule has 5 nitrogen and oxygen atoms in total. The highest BCUT2D eigenvalue weighted by Gasteiger charge is 2.31. The van der Waals surface area contributed by atoms with Gasteiger partial charge in [-0.15, -0.1) is 0 Å². The van der Waals surface area contributed by atoms with E-state index in [1.807, 2.05) is 12.2 Å². The molecule has 3 N–H and O–H groups in total. The Labute approximate surface area is 138 Å². The van der Waals surface area contributed by atoms with E-state index in [1.54, 1.807) is 0 Å². The van der Waals surface area contributed by atoms with E-state index < -0.39 is 0 Å². The Kier molecular flexibility index (Phi) is 5.95. The van der Waals surface area contributed by atoms with E-state index in [4.69, 9.17) is 9.84 Å². The molecular formula is C18H30N2O3. The van der Waals surface area contributed by atoms with Crippen molar-refractivity contribution < 1.29 is 14.6 Å². The molecule has 2 saturated carbocycles. The Morgan fingerprint density at radius 1 is 1.04 bits per heavy atom. The Hall–Kier alpha value is -1.07. The second-order valence-corrected chi connectivity index (χ2v) is 7.26. The summed E-state index contributed by atoms with van der Waals surface area (Å²) in [6.45, 7) is 0.149. The minimum absolute atomic E-state index is 0.0324. The number of rotatable bonds is 5. The lowest BCUT2D eigenvalue weighted by Gasteiger charge is -2.34. The fraction of sp³-hybridized carbons (Fsp3) is 0.833. The van der Waals surface area contributed by atoms with Crippen LogP contribution in [0, 0.1) is 5.92 Å². The minimum Gasteiger partial charge on any atom is -0.396 e. The van der Waals surface area contributed by atoms with Crippen LogP contribution in [0.1, 0.15) is 57.8 Å². The molecule has 0 aromatic carbocycles. The van der Waals surface area contributed by atoms with Crippen molar-refractivity contribution in [1.29, 1.82) is 0 Å². The molecule has 3 aliphatic rings. The number of ether oxygens (including phenoxy) is 1. The molecule has 5 heteroatoms. The molecular weight excluding hydrogens is 292 g/mol. The molecule has 3 aliphatic carbocycles. The van der Waals surface area contributed by atoms with Crippen LogP contribution in [-0.2, 0) is 4.74 Å². The first kappa shape index (κ1) is 16.8. The molecule has 4 atom stereocenters. The number of aliphatic hydroxyl groups excluding tert-OH is 1. The fourth-order valence-corrected chi connectivity index (χ4v) is 4.09. The number of carbonyl (C=O) groups is 1. The molecule has 0 aromatic heterocycles. The largest absolute Gasteiger partial charge is 0.396 e. The van der Waals surface area contributed by atoms with E-state index in [0.29, 0.717) is 6.10 Å². The van der Waals surface area contributed by atoms with Gasteiger partial charge in [-0.25, -0.2) is 4.79 Å². The third-order valence-electron chi connectivity index (χ3n) is 5.41. The van der Waals surface area contributed by atoms with Crippen molar-refractivity contribution in [3.05, 3.63) is 12.2 Å². The molecule has 3 rings (SSSR count). The number of aliphatic hydroxyl groups is 1. The molecule has 0 aromatic rings. The number of amides is 2. The van der Waals surface area contributed by atoms with Crippen LogP contribution in [0.5, 0.6) is 0 Å². The first-order valence-corrected chi connectivity index (χ1v) is 9.26. The molecule has 0 aliphatic heterocycles. The summed E-state index contributed by atoms with van der Waals surface area (Å²) >= 11 is 0. The highest BCUT2D eigenvalue weighted by atomic mass is 16.5. The van der Waals surface area contributed by atoms with Crippen molar-refractivity contribution in [2.45, 2.75) is 82.1 Å². The second kappa shape index (κ2) is 8.15. The lowest BCUT2D eigenvalue weighted by atomic mass is 9.92. The first-order chi connectivity index (χ1) is 11.2. The number of hydrogen-bond donors (Lipinski definition) is 3. The van der Waals surface area contributed by atoms with Gasteiger partial charge in [0, 0.05) is 18.6 Å². The van der Waals surface area contributed by atoms with Crippen LogP contribution in [0.4, 0.5) is 4.79 Å². The highest BCUT2D eigenvalue weighted by molar-refractivity contribution is 5.75. The quantitative estimate of drug-likeness (QED) is 0.681. The van der Waals surface area contributed by atoms with E-state index in [9.17, 15) is 4.79 Å². The van der Waals surface area contributed by atoms with Gasteiger partial charge in [-0.05, 0) is 32.1 Å². The smallest absolute Gasteiger partial charge is 0.315 e. The van der Waals surface area contributed by atoms with E-state index >= 15 is 0 Å². The monoisotopic (exact) mass is 322 g/mol. The lowest BCUT2D eigenvalue weighted by molar-refractivity contribution is -0.0410. The third-order valence-corrected chi connectivity index (χ3v) is 5.41. The summed E-state index contributed by atoms with van der Waals surface area (Å²) in [5.41, 5.74) is 0. The lowest BCUT2D eigenvalue weighted by Crippen LogP contribution is -2.52. The Bertz CT molecular complexity index is 420. The summed E-state index contributed by atoms with van der Waals surface area (Å²) in [5.74, 6) is 0.174.